The Morgan fingerprint density at radius 1 is 1.56 bits per heavy atom. The van der Waals surface area contributed by atoms with E-state index in [4.69, 9.17) is 10.8 Å². The van der Waals surface area contributed by atoms with Crippen LogP contribution in [0.25, 0.3) is 0 Å². The fourth-order valence-corrected chi connectivity index (χ4v) is 1.48. The van der Waals surface area contributed by atoms with Gasteiger partial charge < -0.3 is 10.8 Å². The number of nitrogens with two attached hydrogens (primary N) is 1. The van der Waals surface area contributed by atoms with Gasteiger partial charge in [-0.2, -0.15) is 5.10 Å². The first-order valence-corrected chi connectivity index (χ1v) is 5.25. The lowest BCUT2D eigenvalue weighted by molar-refractivity contribution is 0.0697. The van der Waals surface area contributed by atoms with Gasteiger partial charge >= 0.3 is 5.97 Å². The average molecular weight is 244 g/mol. The van der Waals surface area contributed by atoms with E-state index in [2.05, 4.69) is 10.1 Å². The number of nitrogen functional groups attached to an aromatic ring is 1. The van der Waals surface area contributed by atoms with Gasteiger partial charge in [0.1, 0.15) is 0 Å². The number of nitrogens with zero attached hydrogens (tertiary/aromatic N) is 3. The Bertz CT molecular complexity index is 616. The number of rotatable bonds is 3. The summed E-state index contributed by atoms with van der Waals surface area (Å²) in [6.45, 7) is 1.81. The van der Waals surface area contributed by atoms with Crippen molar-refractivity contribution in [3.63, 3.8) is 0 Å². The number of aryl methyl sites for hydroxylation is 1. The summed E-state index contributed by atoms with van der Waals surface area (Å²) in [5.74, 6) is -0.679. The van der Waals surface area contributed by atoms with Crippen molar-refractivity contribution in [3.05, 3.63) is 47.3 Å². The van der Waals surface area contributed by atoms with Gasteiger partial charge in [0.05, 0.1) is 23.7 Å². The summed E-state index contributed by atoms with van der Waals surface area (Å²) in [6, 6.07) is 6.48. The molecule has 1 heterocycles. The first-order chi connectivity index (χ1) is 8.56. The number of hydrogen-bond donors (Lipinski definition) is 2. The molecule has 0 aliphatic carbocycles. The minimum absolute atomic E-state index is 0.216. The minimum atomic E-state index is -0.969. The number of carboxylic acid groups (broad SMARTS) is 1. The molecule has 2 rings (SSSR count). The highest BCUT2D eigenvalue weighted by Gasteiger charge is 2.02. The van der Waals surface area contributed by atoms with Crippen LogP contribution in [0, 0.1) is 6.92 Å². The first-order valence-electron chi connectivity index (χ1n) is 5.25. The number of carbonyl (C=O) groups is 1. The van der Waals surface area contributed by atoms with Gasteiger partial charge in [0.2, 0.25) is 5.95 Å². The van der Waals surface area contributed by atoms with E-state index in [1.807, 2.05) is 6.92 Å². The number of aromatic nitrogens is 2. The second-order valence-corrected chi connectivity index (χ2v) is 3.76. The lowest BCUT2D eigenvalue weighted by Gasteiger charge is -1.97. The summed E-state index contributed by atoms with van der Waals surface area (Å²) in [4.78, 5) is 14.8. The van der Waals surface area contributed by atoms with Gasteiger partial charge in [-0.15, -0.1) is 0 Å². The van der Waals surface area contributed by atoms with Crippen LogP contribution in [0.2, 0.25) is 0 Å². The zero-order chi connectivity index (χ0) is 13.1. The Morgan fingerprint density at radius 2 is 2.33 bits per heavy atom. The van der Waals surface area contributed by atoms with Crippen LogP contribution in [0.5, 0.6) is 0 Å². The molecule has 92 valence electrons. The van der Waals surface area contributed by atoms with Gasteiger partial charge in [0, 0.05) is 0 Å². The van der Waals surface area contributed by atoms with Crippen molar-refractivity contribution in [1.29, 1.82) is 0 Å². The molecule has 1 aromatic carbocycles. The third kappa shape index (κ3) is 2.54. The van der Waals surface area contributed by atoms with Crippen LogP contribution in [0.4, 0.5) is 5.95 Å². The summed E-state index contributed by atoms with van der Waals surface area (Å²) in [7, 11) is 0. The molecule has 2 aromatic rings. The Kier molecular flexibility index (Phi) is 3.09. The first kappa shape index (κ1) is 11.8. The Morgan fingerprint density at radius 3 is 2.94 bits per heavy atom. The fourth-order valence-electron chi connectivity index (χ4n) is 1.48. The SMILES string of the molecule is Cc1cn(N=Cc2cccc(C(=O)O)c2)c(N)n1. The van der Waals surface area contributed by atoms with Crippen molar-refractivity contribution in [2.45, 2.75) is 6.92 Å². The molecule has 6 heteroatoms. The molecular formula is C12H12N4O2. The molecule has 0 unspecified atom stereocenters. The topological polar surface area (TPSA) is 93.5 Å². The number of aromatic carboxylic acids is 1. The van der Waals surface area contributed by atoms with Crippen LogP contribution in [-0.4, -0.2) is 27.0 Å². The molecule has 3 N–H and O–H groups in total. The van der Waals surface area contributed by atoms with Crippen molar-refractivity contribution in [3.8, 4) is 0 Å². The van der Waals surface area contributed by atoms with Gasteiger partial charge in [-0.05, 0) is 24.6 Å². The highest BCUT2D eigenvalue weighted by atomic mass is 16.4. The van der Waals surface area contributed by atoms with Crippen LogP contribution in [0.15, 0.2) is 35.6 Å². The molecule has 0 atom stereocenters. The fraction of sp³-hybridized carbons (Fsp3) is 0.0833. The third-order valence-electron chi connectivity index (χ3n) is 2.30. The second kappa shape index (κ2) is 4.70. The van der Waals surface area contributed by atoms with E-state index in [0.29, 0.717) is 5.56 Å². The predicted molar refractivity (Wildman–Crippen MR) is 67.8 cm³/mol. The van der Waals surface area contributed by atoms with Crippen molar-refractivity contribution in [2.24, 2.45) is 5.10 Å². The summed E-state index contributed by atoms with van der Waals surface area (Å²) >= 11 is 0. The van der Waals surface area contributed by atoms with Gasteiger partial charge in [0.25, 0.3) is 0 Å². The van der Waals surface area contributed by atoms with E-state index >= 15 is 0 Å². The lowest BCUT2D eigenvalue weighted by Crippen LogP contribution is -1.99. The molecule has 0 fully saturated rings. The minimum Gasteiger partial charge on any atom is -0.478 e. The van der Waals surface area contributed by atoms with E-state index in [9.17, 15) is 4.79 Å². The van der Waals surface area contributed by atoms with Gasteiger partial charge in [-0.3, -0.25) is 0 Å². The van der Waals surface area contributed by atoms with Crippen molar-refractivity contribution in [1.82, 2.24) is 9.66 Å². The number of anilines is 1. The summed E-state index contributed by atoms with van der Waals surface area (Å²) in [5, 5.41) is 13.0. The van der Waals surface area contributed by atoms with Crippen molar-refractivity contribution < 1.29 is 9.90 Å². The molecule has 0 spiro atoms. The maximum Gasteiger partial charge on any atom is 0.335 e. The maximum atomic E-state index is 10.8. The van der Waals surface area contributed by atoms with Gasteiger partial charge in [0.15, 0.2) is 0 Å². The zero-order valence-corrected chi connectivity index (χ0v) is 9.74. The molecule has 0 aliphatic heterocycles. The molecular weight excluding hydrogens is 232 g/mol. The number of hydrogen-bond acceptors (Lipinski definition) is 4. The maximum absolute atomic E-state index is 10.8. The normalized spacial score (nSPS) is 10.9. The van der Waals surface area contributed by atoms with Crippen molar-refractivity contribution in [2.75, 3.05) is 5.73 Å². The molecule has 6 nitrogen and oxygen atoms in total. The van der Waals surface area contributed by atoms with E-state index in [0.717, 1.165) is 5.69 Å². The molecule has 0 bridgehead atoms. The highest BCUT2D eigenvalue weighted by molar-refractivity contribution is 5.90. The Labute approximate surface area is 103 Å². The third-order valence-corrected chi connectivity index (χ3v) is 2.30. The Balaban J connectivity index is 2.26. The van der Waals surface area contributed by atoms with Crippen LogP contribution >= 0.6 is 0 Å². The molecule has 0 saturated heterocycles. The summed E-state index contributed by atoms with van der Waals surface area (Å²) in [5.41, 5.74) is 7.29. The van der Waals surface area contributed by atoms with Gasteiger partial charge in [-0.1, -0.05) is 12.1 Å². The van der Waals surface area contributed by atoms with E-state index < -0.39 is 5.97 Å². The Hall–Kier alpha value is -2.63. The monoisotopic (exact) mass is 244 g/mol. The van der Waals surface area contributed by atoms with Gasteiger partial charge in [-0.25, -0.2) is 14.5 Å². The van der Waals surface area contributed by atoms with Crippen LogP contribution in [-0.2, 0) is 0 Å². The van der Waals surface area contributed by atoms with Crippen LogP contribution in [0.3, 0.4) is 0 Å². The highest BCUT2D eigenvalue weighted by Crippen LogP contribution is 2.06. The molecule has 1 aromatic heterocycles. The molecule has 0 radical (unpaired) electrons. The van der Waals surface area contributed by atoms with Crippen LogP contribution in [0.1, 0.15) is 21.6 Å². The molecule has 18 heavy (non-hydrogen) atoms. The molecule has 0 amide bonds. The summed E-state index contributed by atoms with van der Waals surface area (Å²) in [6.07, 6.45) is 3.22. The van der Waals surface area contributed by atoms with E-state index in [1.165, 1.54) is 23.0 Å². The quantitative estimate of drug-likeness (QED) is 0.797. The number of carboxylic acids is 1. The average Bonchev–Trinajstić information content (AvgIpc) is 2.65. The largest absolute Gasteiger partial charge is 0.478 e. The molecule has 0 saturated carbocycles. The standard InChI is InChI=1S/C12H12N4O2/c1-8-7-16(12(13)15-8)14-6-9-3-2-4-10(5-9)11(17)18/h2-7H,1H3,(H2,13,15)(H,17,18). The van der Waals surface area contributed by atoms with Crippen molar-refractivity contribution >= 4 is 18.1 Å². The summed E-state index contributed by atoms with van der Waals surface area (Å²) < 4.78 is 1.43. The van der Waals surface area contributed by atoms with E-state index in [-0.39, 0.29) is 11.5 Å². The van der Waals surface area contributed by atoms with Crippen LogP contribution < -0.4 is 5.73 Å². The van der Waals surface area contributed by atoms with E-state index in [1.54, 1.807) is 18.3 Å². The smallest absolute Gasteiger partial charge is 0.335 e. The number of benzene rings is 1. The second-order valence-electron chi connectivity index (χ2n) is 3.76. The lowest BCUT2D eigenvalue weighted by atomic mass is 10.1. The zero-order valence-electron chi connectivity index (χ0n) is 9.74. The number of imidazole rings is 1. The molecule has 0 aliphatic rings. The predicted octanol–water partition coefficient (Wildman–Crippen LogP) is 1.35.